The van der Waals surface area contributed by atoms with E-state index in [2.05, 4.69) is 0 Å². The summed E-state index contributed by atoms with van der Waals surface area (Å²) < 4.78 is 26.9. The second-order valence-electron chi connectivity index (χ2n) is 6.62. The Bertz CT molecular complexity index is 702. The van der Waals surface area contributed by atoms with Crippen LogP contribution < -0.4 is 0 Å². The Morgan fingerprint density at radius 2 is 1.92 bits per heavy atom. The van der Waals surface area contributed by atoms with Crippen molar-refractivity contribution in [1.29, 1.82) is 0 Å². The Labute approximate surface area is 148 Å². The van der Waals surface area contributed by atoms with E-state index >= 15 is 0 Å². The quantitative estimate of drug-likeness (QED) is 0.818. The maximum absolute atomic E-state index is 12.7. The predicted octanol–water partition coefficient (Wildman–Crippen LogP) is 2.50. The van der Waals surface area contributed by atoms with Crippen molar-refractivity contribution in [3.8, 4) is 0 Å². The molecule has 2 aliphatic heterocycles. The molecule has 3 rings (SSSR count). The molecule has 2 fully saturated rings. The Kier molecular flexibility index (Phi) is 5.47. The summed E-state index contributed by atoms with van der Waals surface area (Å²) in [5.41, 5.74) is 0.676. The van der Waals surface area contributed by atoms with Gasteiger partial charge in [0.05, 0.1) is 11.7 Å². The van der Waals surface area contributed by atoms with Crippen LogP contribution in [0.5, 0.6) is 0 Å². The van der Waals surface area contributed by atoms with Crippen molar-refractivity contribution >= 4 is 27.5 Å². The standard InChI is InChI=1S/C17H23ClN2O3S/c18-16-7-3-5-14(11-16)13-24(22,23)20-10-4-6-15(12-20)17(21)19-8-1-2-9-19/h3,5,7,11,15H,1-2,4,6,8-10,12-13H2. The monoisotopic (exact) mass is 370 g/mol. The number of piperidine rings is 1. The first-order chi connectivity index (χ1) is 11.5. The molecule has 2 saturated heterocycles. The molecule has 0 aliphatic carbocycles. The summed E-state index contributed by atoms with van der Waals surface area (Å²) in [6.07, 6.45) is 3.61. The van der Waals surface area contributed by atoms with E-state index < -0.39 is 10.0 Å². The van der Waals surface area contributed by atoms with Crippen LogP contribution in [0.3, 0.4) is 0 Å². The molecule has 1 aromatic rings. The van der Waals surface area contributed by atoms with Gasteiger partial charge in [0, 0.05) is 31.2 Å². The summed E-state index contributed by atoms with van der Waals surface area (Å²) in [5.74, 6) is -0.154. The Morgan fingerprint density at radius 1 is 1.17 bits per heavy atom. The molecule has 2 aliphatic rings. The van der Waals surface area contributed by atoms with Gasteiger partial charge in [-0.1, -0.05) is 23.7 Å². The number of nitrogens with zero attached hydrogens (tertiary/aromatic N) is 2. The minimum atomic E-state index is -3.44. The first kappa shape index (κ1) is 17.7. The van der Waals surface area contributed by atoms with Crippen LogP contribution in [0, 0.1) is 5.92 Å². The lowest BCUT2D eigenvalue weighted by molar-refractivity contribution is -0.135. The van der Waals surface area contributed by atoms with Gasteiger partial charge < -0.3 is 4.90 Å². The fraction of sp³-hybridized carbons (Fsp3) is 0.588. The van der Waals surface area contributed by atoms with Crippen LogP contribution in [-0.2, 0) is 20.6 Å². The molecule has 1 amide bonds. The largest absolute Gasteiger partial charge is 0.342 e. The van der Waals surface area contributed by atoms with Gasteiger partial charge in [-0.15, -0.1) is 0 Å². The number of carbonyl (C=O) groups is 1. The van der Waals surface area contributed by atoms with Crippen molar-refractivity contribution in [2.75, 3.05) is 26.2 Å². The highest BCUT2D eigenvalue weighted by molar-refractivity contribution is 7.88. The van der Waals surface area contributed by atoms with Gasteiger partial charge in [-0.3, -0.25) is 4.79 Å². The SMILES string of the molecule is O=C(C1CCCN(S(=O)(=O)Cc2cccc(Cl)c2)C1)N1CCCC1. The summed E-state index contributed by atoms with van der Waals surface area (Å²) in [7, 11) is -3.44. The van der Waals surface area contributed by atoms with Crippen molar-refractivity contribution < 1.29 is 13.2 Å². The number of sulfonamides is 1. The molecule has 1 unspecified atom stereocenters. The zero-order valence-corrected chi connectivity index (χ0v) is 15.2. The van der Waals surface area contributed by atoms with E-state index in [1.807, 2.05) is 4.90 Å². The summed E-state index contributed by atoms with van der Waals surface area (Å²) in [5, 5.41) is 0.531. The number of amides is 1. The van der Waals surface area contributed by atoms with Crippen LogP contribution in [-0.4, -0.2) is 49.7 Å². The summed E-state index contributed by atoms with van der Waals surface area (Å²) in [6, 6.07) is 6.92. The van der Waals surface area contributed by atoms with E-state index in [9.17, 15) is 13.2 Å². The molecule has 1 aromatic carbocycles. The molecule has 1 atom stereocenters. The average molecular weight is 371 g/mol. The van der Waals surface area contributed by atoms with Gasteiger partial charge in [0.2, 0.25) is 15.9 Å². The van der Waals surface area contributed by atoms with Crippen LogP contribution in [0.15, 0.2) is 24.3 Å². The second-order valence-corrected chi connectivity index (χ2v) is 9.02. The van der Waals surface area contributed by atoms with E-state index in [0.717, 1.165) is 38.8 Å². The van der Waals surface area contributed by atoms with Crippen molar-refractivity contribution in [3.63, 3.8) is 0 Å². The fourth-order valence-electron chi connectivity index (χ4n) is 3.52. The Balaban J connectivity index is 1.67. The van der Waals surface area contributed by atoms with Crippen LogP contribution in [0.1, 0.15) is 31.2 Å². The van der Waals surface area contributed by atoms with E-state index in [1.165, 1.54) is 4.31 Å². The molecule has 7 heteroatoms. The van der Waals surface area contributed by atoms with Gasteiger partial charge in [-0.05, 0) is 43.4 Å². The summed E-state index contributed by atoms with van der Waals surface area (Å²) in [4.78, 5) is 14.4. The highest BCUT2D eigenvalue weighted by Gasteiger charge is 2.34. The molecule has 0 bridgehead atoms. The molecular formula is C17H23ClN2O3S. The van der Waals surface area contributed by atoms with Gasteiger partial charge in [-0.2, -0.15) is 0 Å². The minimum Gasteiger partial charge on any atom is -0.342 e. The lowest BCUT2D eigenvalue weighted by Gasteiger charge is -2.33. The van der Waals surface area contributed by atoms with Crippen molar-refractivity contribution in [1.82, 2.24) is 9.21 Å². The first-order valence-corrected chi connectivity index (χ1v) is 10.5. The fourth-order valence-corrected chi connectivity index (χ4v) is 5.33. The van der Waals surface area contributed by atoms with Gasteiger partial charge >= 0.3 is 0 Å². The first-order valence-electron chi connectivity index (χ1n) is 8.47. The smallest absolute Gasteiger partial charge is 0.227 e. The lowest BCUT2D eigenvalue weighted by Crippen LogP contribution is -2.46. The molecule has 2 heterocycles. The normalized spacial score (nSPS) is 22.7. The Morgan fingerprint density at radius 3 is 2.62 bits per heavy atom. The number of halogens is 1. The highest BCUT2D eigenvalue weighted by Crippen LogP contribution is 2.25. The second kappa shape index (κ2) is 7.42. The number of hydrogen-bond acceptors (Lipinski definition) is 3. The molecule has 0 aromatic heterocycles. The molecule has 0 spiro atoms. The third-order valence-electron chi connectivity index (χ3n) is 4.78. The van der Waals surface area contributed by atoms with Crippen molar-refractivity contribution in [2.24, 2.45) is 5.92 Å². The topological polar surface area (TPSA) is 57.7 Å². The van der Waals surface area contributed by atoms with Crippen LogP contribution >= 0.6 is 11.6 Å². The van der Waals surface area contributed by atoms with Gasteiger partial charge in [0.25, 0.3) is 0 Å². The number of hydrogen-bond donors (Lipinski definition) is 0. The molecule has 5 nitrogen and oxygen atoms in total. The minimum absolute atomic E-state index is 0.0712. The number of carbonyl (C=O) groups excluding carboxylic acids is 1. The zero-order chi connectivity index (χ0) is 17.2. The highest BCUT2D eigenvalue weighted by atomic mass is 35.5. The zero-order valence-electron chi connectivity index (χ0n) is 13.7. The third kappa shape index (κ3) is 4.10. The predicted molar refractivity (Wildman–Crippen MR) is 94.2 cm³/mol. The lowest BCUT2D eigenvalue weighted by atomic mass is 9.98. The maximum Gasteiger partial charge on any atom is 0.227 e. The van der Waals surface area contributed by atoms with Crippen LogP contribution in [0.2, 0.25) is 5.02 Å². The van der Waals surface area contributed by atoms with Crippen LogP contribution in [0.4, 0.5) is 0 Å². The summed E-state index contributed by atoms with van der Waals surface area (Å²) in [6.45, 7) is 2.42. The third-order valence-corrected chi connectivity index (χ3v) is 6.83. The van der Waals surface area contributed by atoms with Crippen molar-refractivity contribution in [2.45, 2.75) is 31.4 Å². The molecule has 0 radical (unpaired) electrons. The van der Waals surface area contributed by atoms with E-state index in [0.29, 0.717) is 23.7 Å². The van der Waals surface area contributed by atoms with Gasteiger partial charge in [0.15, 0.2) is 0 Å². The average Bonchev–Trinajstić information content (AvgIpc) is 3.08. The van der Waals surface area contributed by atoms with Crippen LogP contribution in [0.25, 0.3) is 0 Å². The molecule has 132 valence electrons. The van der Waals surface area contributed by atoms with Gasteiger partial charge in [-0.25, -0.2) is 12.7 Å². The number of likely N-dealkylation sites (tertiary alicyclic amines) is 1. The van der Waals surface area contributed by atoms with E-state index in [1.54, 1.807) is 24.3 Å². The van der Waals surface area contributed by atoms with E-state index in [-0.39, 0.29) is 17.6 Å². The Hall–Kier alpha value is -1.11. The molecule has 0 N–H and O–H groups in total. The molecular weight excluding hydrogens is 348 g/mol. The van der Waals surface area contributed by atoms with E-state index in [4.69, 9.17) is 11.6 Å². The molecule has 0 saturated carbocycles. The molecule has 24 heavy (non-hydrogen) atoms. The van der Waals surface area contributed by atoms with Crippen molar-refractivity contribution in [3.05, 3.63) is 34.9 Å². The summed E-state index contributed by atoms with van der Waals surface area (Å²) >= 11 is 5.94. The van der Waals surface area contributed by atoms with Gasteiger partial charge in [0.1, 0.15) is 0 Å². The number of benzene rings is 1. The maximum atomic E-state index is 12.7. The number of rotatable bonds is 4.